The van der Waals surface area contributed by atoms with Gasteiger partial charge >= 0.3 is 0 Å². The van der Waals surface area contributed by atoms with Gasteiger partial charge in [0.05, 0.1) is 22.4 Å². The molecule has 1 radical (unpaired) electrons. The summed E-state index contributed by atoms with van der Waals surface area (Å²) in [5.74, 6) is 0.807. The van der Waals surface area contributed by atoms with Gasteiger partial charge in [0.2, 0.25) is 0 Å². The van der Waals surface area contributed by atoms with Crippen molar-refractivity contribution in [3.05, 3.63) is 212 Å². The summed E-state index contributed by atoms with van der Waals surface area (Å²) in [7, 11) is 0. The van der Waals surface area contributed by atoms with E-state index in [1.165, 1.54) is 48.7 Å². The zero-order chi connectivity index (χ0) is 40.4. The number of hydrogen-bond donors (Lipinski definition) is 0. The number of aryl methyl sites for hydroxylation is 1. The number of furan rings is 1. The van der Waals surface area contributed by atoms with Gasteiger partial charge in [0.15, 0.2) is 0 Å². The number of nitrogens with zero attached hydrogens (tertiary/aromatic N) is 3. The molecule has 295 valence electrons. The molecule has 4 heterocycles. The van der Waals surface area contributed by atoms with Gasteiger partial charge in [-0.15, -0.1) is 54.1 Å². The summed E-state index contributed by atoms with van der Waals surface area (Å²) in [4.78, 5) is 9.61. The Morgan fingerprint density at radius 3 is 1.95 bits per heavy atom. The summed E-state index contributed by atoms with van der Waals surface area (Å²) < 4.78 is 9.20. The third-order valence-electron chi connectivity index (χ3n) is 12.0. The summed E-state index contributed by atoms with van der Waals surface area (Å²) in [6.07, 6.45) is 1.79. The third-order valence-corrected chi connectivity index (χ3v) is 12.0. The topological polar surface area (TPSA) is 43.3 Å². The van der Waals surface area contributed by atoms with E-state index < -0.39 is 0 Å². The van der Waals surface area contributed by atoms with Gasteiger partial charge in [0.25, 0.3) is 0 Å². The average Bonchev–Trinajstić information content (AvgIpc) is 3.91. The van der Waals surface area contributed by atoms with Crippen LogP contribution in [0.3, 0.4) is 0 Å². The van der Waals surface area contributed by atoms with Crippen LogP contribution >= 0.6 is 0 Å². The predicted molar refractivity (Wildman–Crippen MR) is 254 cm³/mol. The quantitative estimate of drug-likeness (QED) is 0.128. The van der Waals surface area contributed by atoms with E-state index in [4.69, 9.17) is 9.40 Å². The number of para-hydroxylation sites is 2. The van der Waals surface area contributed by atoms with E-state index in [1.807, 2.05) is 48.5 Å². The fraction of sp³-hybridized carbons (Fsp3) is 0.0175. The molecule has 0 amide bonds. The van der Waals surface area contributed by atoms with Crippen molar-refractivity contribution in [3.63, 3.8) is 0 Å². The Kier molecular flexibility index (Phi) is 9.23. The van der Waals surface area contributed by atoms with Crippen LogP contribution in [0.4, 0.5) is 0 Å². The number of hydrogen-bond acceptors (Lipinski definition) is 3. The zero-order valence-corrected chi connectivity index (χ0v) is 36.0. The van der Waals surface area contributed by atoms with Crippen LogP contribution in [0.5, 0.6) is 0 Å². The van der Waals surface area contributed by atoms with Crippen LogP contribution in [0.25, 0.3) is 115 Å². The third kappa shape index (κ3) is 6.09. The van der Waals surface area contributed by atoms with E-state index in [1.54, 1.807) is 6.20 Å². The molecule has 0 bridgehead atoms. The molecule has 0 aliphatic heterocycles. The molecule has 0 aliphatic rings. The summed E-state index contributed by atoms with van der Waals surface area (Å²) in [6, 6.07) is 72.7. The van der Waals surface area contributed by atoms with Crippen molar-refractivity contribution in [3.8, 4) is 22.6 Å². The minimum absolute atomic E-state index is 0. The van der Waals surface area contributed by atoms with Gasteiger partial charge in [-0.25, -0.2) is 0 Å². The Morgan fingerprint density at radius 2 is 1.18 bits per heavy atom. The summed E-state index contributed by atoms with van der Waals surface area (Å²) in [6.45, 7) is 2.15. The number of rotatable bonds is 2. The summed E-state index contributed by atoms with van der Waals surface area (Å²) >= 11 is 0. The smallest absolute Gasteiger partial charge is 0.121 e. The maximum Gasteiger partial charge on any atom is 0.121 e. The van der Waals surface area contributed by atoms with Crippen LogP contribution in [0.2, 0.25) is 0 Å². The molecule has 13 rings (SSSR count). The van der Waals surface area contributed by atoms with E-state index >= 15 is 0 Å². The van der Waals surface area contributed by atoms with Gasteiger partial charge in [-0.2, -0.15) is 0 Å². The molecular formula is C57H35IrN3O-2. The standard InChI is InChI=1S/C46H27N2O.C11H8N.Ir/c1-27-20-21-28-22-23-29-25-40-36-16-8-17-37(45(36)49-43(40)26-39(29)38(28)24-27)46-47-41-18-9-15-35-33-13-5-3-11-31(33)30-10-2-4-12-32(30)34-14-6-7-19-42(34)48(46)44(35)41;1-2-6-10(7-3-1)11-8-4-5-9-12-11;/h2-16,18-26H,1H3;1-6,8-9H;/q2*-1;. The minimum atomic E-state index is 0. The summed E-state index contributed by atoms with van der Waals surface area (Å²) in [5.41, 5.74) is 8.82. The number of aromatic nitrogens is 3. The van der Waals surface area contributed by atoms with Gasteiger partial charge in [-0.1, -0.05) is 138 Å². The van der Waals surface area contributed by atoms with Crippen LogP contribution in [0.15, 0.2) is 199 Å². The molecule has 5 heteroatoms. The Morgan fingerprint density at radius 1 is 0.500 bits per heavy atom. The SMILES string of the molecule is Cc1ccc2ccc3cc4c(cc3c2c1)oc1c(-c2nc3cccc5c6ccccc6c6ccccc6c6ccccc6n2c35)[c-]ccc14.[Ir].[c-]1ccccc1-c1ccccn1. The van der Waals surface area contributed by atoms with Gasteiger partial charge in [0.1, 0.15) is 5.58 Å². The second-order valence-electron chi connectivity index (χ2n) is 15.6. The van der Waals surface area contributed by atoms with Gasteiger partial charge in [-0.3, -0.25) is 4.98 Å². The maximum atomic E-state index is 6.87. The molecule has 0 fully saturated rings. The zero-order valence-electron chi connectivity index (χ0n) is 33.6. The van der Waals surface area contributed by atoms with Gasteiger partial charge < -0.3 is 13.8 Å². The van der Waals surface area contributed by atoms with E-state index in [0.29, 0.717) is 0 Å². The van der Waals surface area contributed by atoms with Crippen LogP contribution in [-0.2, 0) is 20.1 Å². The van der Waals surface area contributed by atoms with E-state index in [-0.39, 0.29) is 20.1 Å². The molecule has 9 aromatic carbocycles. The molecule has 62 heavy (non-hydrogen) atoms. The normalized spacial score (nSPS) is 11.5. The predicted octanol–water partition coefficient (Wildman–Crippen LogP) is 15.0. The maximum absolute atomic E-state index is 6.87. The van der Waals surface area contributed by atoms with Crippen molar-refractivity contribution in [1.82, 2.24) is 14.4 Å². The van der Waals surface area contributed by atoms with Crippen molar-refractivity contribution in [2.45, 2.75) is 6.92 Å². The second-order valence-corrected chi connectivity index (χ2v) is 15.6. The van der Waals surface area contributed by atoms with E-state index in [2.05, 4.69) is 168 Å². The summed E-state index contributed by atoms with van der Waals surface area (Å²) in [5, 5.41) is 14.1. The van der Waals surface area contributed by atoms with Crippen molar-refractivity contribution in [2.24, 2.45) is 0 Å². The largest absolute Gasteiger partial charge is 0.501 e. The number of fused-ring (bicyclic) bond motifs is 13. The fourth-order valence-electron chi connectivity index (χ4n) is 9.19. The first-order chi connectivity index (χ1) is 30.2. The Hall–Kier alpha value is -7.43. The van der Waals surface area contributed by atoms with Gasteiger partial charge in [-0.05, 0) is 86.0 Å². The molecule has 0 aliphatic carbocycles. The Balaban J connectivity index is 0.000000288. The average molecular weight is 970 g/mol. The van der Waals surface area contributed by atoms with Crippen molar-refractivity contribution < 1.29 is 24.5 Å². The molecule has 0 saturated heterocycles. The van der Waals surface area contributed by atoms with Crippen LogP contribution < -0.4 is 0 Å². The molecule has 4 nitrogen and oxygen atoms in total. The minimum Gasteiger partial charge on any atom is -0.501 e. The van der Waals surface area contributed by atoms with Crippen molar-refractivity contribution >= 4 is 92.4 Å². The molecule has 0 unspecified atom stereocenters. The van der Waals surface area contributed by atoms with Crippen molar-refractivity contribution in [2.75, 3.05) is 0 Å². The molecule has 0 N–H and O–H groups in total. The monoisotopic (exact) mass is 970 g/mol. The number of imidazole rings is 1. The van der Waals surface area contributed by atoms with E-state index in [0.717, 1.165) is 71.9 Å². The molecule has 0 saturated carbocycles. The first-order valence-corrected chi connectivity index (χ1v) is 20.6. The van der Waals surface area contributed by atoms with Crippen LogP contribution in [0, 0.1) is 19.1 Å². The van der Waals surface area contributed by atoms with Gasteiger partial charge in [0, 0.05) is 48.0 Å². The molecular weight excluding hydrogens is 935 g/mol. The Labute approximate surface area is 370 Å². The molecule has 0 spiro atoms. The second kappa shape index (κ2) is 15.2. The molecule has 0 atom stereocenters. The van der Waals surface area contributed by atoms with Crippen LogP contribution in [0.1, 0.15) is 5.56 Å². The van der Waals surface area contributed by atoms with E-state index in [9.17, 15) is 0 Å². The first kappa shape index (κ1) is 37.6. The van der Waals surface area contributed by atoms with Crippen LogP contribution in [-0.4, -0.2) is 14.4 Å². The number of benzene rings is 9. The van der Waals surface area contributed by atoms with Crippen molar-refractivity contribution in [1.29, 1.82) is 0 Å². The molecule has 13 aromatic rings. The fourth-order valence-corrected chi connectivity index (χ4v) is 9.19. The number of pyridine rings is 1. The Bertz CT molecular complexity index is 3850. The molecule has 4 aromatic heterocycles. The first-order valence-electron chi connectivity index (χ1n) is 20.6.